The molecular weight excluding hydrogens is 350 g/mol. The maximum Gasteiger partial charge on any atom is 0.188 e. The Morgan fingerprint density at radius 3 is 2.46 bits per heavy atom. The number of methoxy groups -OCH3 is 2. The van der Waals surface area contributed by atoms with Crippen LogP contribution in [0.25, 0.3) is 0 Å². The normalized spacial score (nSPS) is 13.7. The van der Waals surface area contributed by atoms with Gasteiger partial charge in [-0.25, -0.2) is 4.39 Å². The van der Waals surface area contributed by atoms with Crippen LogP contribution in [0.1, 0.15) is 38.7 Å². The van der Waals surface area contributed by atoms with E-state index >= 15 is 0 Å². The zero-order valence-electron chi connectivity index (χ0n) is 16.0. The van der Waals surface area contributed by atoms with Crippen LogP contribution in [-0.4, -0.2) is 21.0 Å². The molecule has 2 unspecified atom stereocenters. The van der Waals surface area contributed by atoms with Crippen LogP contribution in [0, 0.1) is 5.82 Å². The van der Waals surface area contributed by atoms with Crippen LogP contribution in [0.3, 0.4) is 0 Å². The van der Waals surface area contributed by atoms with Crippen molar-refractivity contribution in [2.24, 2.45) is 0 Å². The first-order valence-electron chi connectivity index (χ1n) is 8.93. The molecule has 2 aromatic rings. The molecule has 2 atom stereocenters. The Bertz CT molecular complexity index is 707. The van der Waals surface area contributed by atoms with Crippen molar-refractivity contribution in [2.75, 3.05) is 21.0 Å². The van der Waals surface area contributed by atoms with Crippen LogP contribution in [0.5, 0.6) is 11.5 Å². The van der Waals surface area contributed by atoms with Crippen LogP contribution in [-0.2, 0) is 9.89 Å². The fraction of sp³-hybridized carbons (Fsp3) is 0.429. The number of halogens is 1. The molecule has 0 aliphatic rings. The molecule has 0 aliphatic heterocycles. The second kappa shape index (κ2) is 9.89. The Morgan fingerprint density at radius 2 is 1.85 bits per heavy atom. The first-order chi connectivity index (χ1) is 12.6. The van der Waals surface area contributed by atoms with Gasteiger partial charge in [0.25, 0.3) is 0 Å². The van der Waals surface area contributed by atoms with Crippen molar-refractivity contribution in [3.63, 3.8) is 0 Å². The average molecular weight is 378 g/mol. The van der Waals surface area contributed by atoms with E-state index in [0.29, 0.717) is 8.58 Å². The zero-order valence-corrected chi connectivity index (χ0v) is 17.0. The van der Waals surface area contributed by atoms with Gasteiger partial charge in [-0.3, -0.25) is 0 Å². The lowest BCUT2D eigenvalue weighted by molar-refractivity contribution is 0.0498. The van der Waals surface area contributed by atoms with Crippen LogP contribution in [0.4, 0.5) is 4.39 Å². The summed E-state index contributed by atoms with van der Waals surface area (Å²) >= 11 is 0. The number of rotatable bonds is 10. The number of ether oxygens (including phenoxy) is 3. The highest BCUT2D eigenvalue weighted by atomic mass is 31.1. The maximum atomic E-state index is 14.4. The fourth-order valence-corrected chi connectivity index (χ4v) is 5.01. The molecule has 0 aromatic heterocycles. The lowest BCUT2D eigenvalue weighted by atomic mass is 9.90. The van der Waals surface area contributed by atoms with Crippen LogP contribution < -0.4 is 14.8 Å². The van der Waals surface area contributed by atoms with Gasteiger partial charge in [-0.05, 0) is 37.1 Å². The van der Waals surface area contributed by atoms with Gasteiger partial charge in [-0.1, -0.05) is 47.0 Å². The summed E-state index contributed by atoms with van der Waals surface area (Å²) < 4.78 is 30.8. The first-order valence-corrected chi connectivity index (χ1v) is 9.93. The molecule has 5 heteroatoms. The monoisotopic (exact) mass is 378 g/mol. The molecule has 0 spiro atoms. The molecule has 3 nitrogen and oxygen atoms in total. The summed E-state index contributed by atoms with van der Waals surface area (Å²) in [5, 5.41) is 0.539. The summed E-state index contributed by atoms with van der Waals surface area (Å²) in [6.45, 7) is 4.49. The number of hydrogen-bond acceptors (Lipinski definition) is 3. The quantitative estimate of drug-likeness (QED) is 0.419. The summed E-state index contributed by atoms with van der Waals surface area (Å²) in [5.74, 6) is 1.39. The lowest BCUT2D eigenvalue weighted by Gasteiger charge is -2.35. The van der Waals surface area contributed by atoms with Crippen molar-refractivity contribution >= 4 is 13.9 Å². The van der Waals surface area contributed by atoms with Gasteiger partial charge in [0.15, 0.2) is 6.79 Å². The lowest BCUT2D eigenvalue weighted by Crippen LogP contribution is -2.24. The highest BCUT2D eigenvalue weighted by Gasteiger charge is 2.34. The van der Waals surface area contributed by atoms with Crippen molar-refractivity contribution in [2.45, 2.75) is 38.3 Å². The van der Waals surface area contributed by atoms with E-state index < -0.39 is 0 Å². The summed E-state index contributed by atoms with van der Waals surface area (Å²) in [4.78, 5) is 0. The third-order valence-electron chi connectivity index (χ3n) is 4.56. The highest BCUT2D eigenvalue weighted by molar-refractivity contribution is 7.48. The minimum absolute atomic E-state index is 0.151. The Balaban J connectivity index is 2.55. The van der Waals surface area contributed by atoms with Gasteiger partial charge in [0.1, 0.15) is 17.3 Å². The standard InChI is InChI=1S/C21H28FO3P/c1-5-13-21(6-2,26-20-10-8-7-9-18(20)22)17-14-16(24-4)11-12-19(17)25-15-23-3/h7-12,14,26H,5-6,13,15H2,1-4H3. The zero-order chi connectivity index (χ0) is 19.0. The summed E-state index contributed by atoms with van der Waals surface area (Å²) in [6.07, 6.45) is 2.81. The van der Waals surface area contributed by atoms with E-state index in [2.05, 4.69) is 13.8 Å². The largest absolute Gasteiger partial charge is 0.497 e. The molecule has 2 rings (SSSR count). The van der Waals surface area contributed by atoms with E-state index in [-0.39, 0.29) is 17.8 Å². The molecule has 0 saturated carbocycles. The van der Waals surface area contributed by atoms with Gasteiger partial charge in [0.05, 0.1) is 7.11 Å². The second-order valence-electron chi connectivity index (χ2n) is 6.20. The molecule has 26 heavy (non-hydrogen) atoms. The maximum absolute atomic E-state index is 14.4. The summed E-state index contributed by atoms with van der Waals surface area (Å²) in [7, 11) is 3.55. The predicted molar refractivity (Wildman–Crippen MR) is 107 cm³/mol. The van der Waals surface area contributed by atoms with Gasteiger partial charge in [-0.15, -0.1) is 0 Å². The van der Waals surface area contributed by atoms with Crippen molar-refractivity contribution in [1.29, 1.82) is 0 Å². The minimum atomic E-state index is -0.214. The molecule has 0 aliphatic carbocycles. The highest BCUT2D eigenvalue weighted by Crippen LogP contribution is 2.51. The van der Waals surface area contributed by atoms with E-state index in [0.717, 1.165) is 41.6 Å². The molecule has 0 bridgehead atoms. The van der Waals surface area contributed by atoms with E-state index in [1.54, 1.807) is 20.3 Å². The van der Waals surface area contributed by atoms with Crippen molar-refractivity contribution in [3.8, 4) is 11.5 Å². The SMILES string of the molecule is CCCC(CC)(Pc1ccccc1F)c1cc(OC)ccc1OCOC. The third kappa shape index (κ3) is 4.75. The topological polar surface area (TPSA) is 27.7 Å². The smallest absolute Gasteiger partial charge is 0.188 e. The van der Waals surface area contributed by atoms with E-state index in [1.807, 2.05) is 30.3 Å². The molecular formula is C21H28FO3P. The Hall–Kier alpha value is -1.64. The number of benzene rings is 2. The molecule has 0 saturated heterocycles. The molecule has 0 heterocycles. The molecule has 2 aromatic carbocycles. The van der Waals surface area contributed by atoms with E-state index in [4.69, 9.17) is 14.2 Å². The first kappa shape index (κ1) is 20.7. The molecule has 0 radical (unpaired) electrons. The number of hydrogen-bond donors (Lipinski definition) is 0. The van der Waals surface area contributed by atoms with Crippen LogP contribution >= 0.6 is 8.58 Å². The summed E-state index contributed by atoms with van der Waals surface area (Å²) in [6, 6.07) is 12.9. The molecule has 0 amide bonds. The van der Waals surface area contributed by atoms with Gasteiger partial charge in [0.2, 0.25) is 0 Å². The Kier molecular flexibility index (Phi) is 7.86. The fourth-order valence-electron chi connectivity index (χ4n) is 3.23. The van der Waals surface area contributed by atoms with Crippen LogP contribution in [0.15, 0.2) is 42.5 Å². The van der Waals surface area contributed by atoms with Gasteiger partial charge < -0.3 is 14.2 Å². The van der Waals surface area contributed by atoms with Gasteiger partial charge >= 0.3 is 0 Å². The Labute approximate surface area is 157 Å². The third-order valence-corrected chi connectivity index (χ3v) is 6.59. The van der Waals surface area contributed by atoms with Gasteiger partial charge in [-0.2, -0.15) is 0 Å². The molecule has 0 N–H and O–H groups in total. The van der Waals surface area contributed by atoms with Crippen molar-refractivity contribution < 1.29 is 18.6 Å². The van der Waals surface area contributed by atoms with Crippen molar-refractivity contribution in [3.05, 3.63) is 53.8 Å². The van der Waals surface area contributed by atoms with Crippen LogP contribution in [0.2, 0.25) is 0 Å². The van der Waals surface area contributed by atoms with Gasteiger partial charge in [0, 0.05) is 23.1 Å². The minimum Gasteiger partial charge on any atom is -0.497 e. The summed E-state index contributed by atoms with van der Waals surface area (Å²) in [5.41, 5.74) is 1.06. The molecule has 0 fully saturated rings. The van der Waals surface area contributed by atoms with E-state index in [1.165, 1.54) is 6.07 Å². The van der Waals surface area contributed by atoms with Crippen molar-refractivity contribution in [1.82, 2.24) is 0 Å². The average Bonchev–Trinajstić information content (AvgIpc) is 2.67. The van der Waals surface area contributed by atoms with E-state index in [9.17, 15) is 4.39 Å². The predicted octanol–water partition coefficient (Wildman–Crippen LogP) is 5.23. The molecule has 142 valence electrons. The Morgan fingerprint density at radius 1 is 1.08 bits per heavy atom. The second-order valence-corrected chi connectivity index (χ2v) is 7.95.